The first-order chi connectivity index (χ1) is 8.81. The first-order valence-electron chi connectivity index (χ1n) is 6.93. The number of aryl methyl sites for hydroxylation is 1. The molecule has 3 heteroatoms. The number of rotatable bonds is 7. The van der Waals surface area contributed by atoms with E-state index in [4.69, 9.17) is 4.74 Å². The van der Waals surface area contributed by atoms with Crippen molar-refractivity contribution in [1.82, 2.24) is 5.32 Å². The van der Waals surface area contributed by atoms with Gasteiger partial charge in [-0.25, -0.2) is 0 Å². The summed E-state index contributed by atoms with van der Waals surface area (Å²) in [6.45, 7) is 11.2. The maximum absolute atomic E-state index is 9.88. The normalized spacial score (nSPS) is 13.8. The molecule has 0 bridgehead atoms. The molecule has 1 aromatic rings. The largest absolute Gasteiger partial charge is 0.389 e. The molecule has 0 aliphatic carbocycles. The highest BCUT2D eigenvalue weighted by atomic mass is 16.5. The Balaban J connectivity index is 2.51. The van der Waals surface area contributed by atoms with E-state index in [9.17, 15) is 5.11 Å². The van der Waals surface area contributed by atoms with Gasteiger partial charge in [0.25, 0.3) is 0 Å². The number of ether oxygens (including phenoxy) is 1. The molecular formula is C16H27NO2. The van der Waals surface area contributed by atoms with Crippen LogP contribution in [0.4, 0.5) is 0 Å². The first kappa shape index (κ1) is 16.2. The minimum absolute atomic E-state index is 0.152. The predicted octanol–water partition coefficient (Wildman–Crippen LogP) is 2.61. The highest BCUT2D eigenvalue weighted by molar-refractivity contribution is 5.27. The molecule has 3 nitrogen and oxygen atoms in total. The molecule has 0 aromatic heterocycles. The smallest absolute Gasteiger partial charge is 0.0898 e. The van der Waals surface area contributed by atoms with Crippen LogP contribution in [0.15, 0.2) is 24.3 Å². The average Bonchev–Trinajstić information content (AvgIpc) is 2.34. The number of hydrogen-bond donors (Lipinski definition) is 2. The molecular weight excluding hydrogens is 238 g/mol. The van der Waals surface area contributed by atoms with Crippen molar-refractivity contribution >= 4 is 0 Å². The van der Waals surface area contributed by atoms with Crippen LogP contribution in [0.5, 0.6) is 0 Å². The Morgan fingerprint density at radius 2 is 2.00 bits per heavy atom. The van der Waals surface area contributed by atoms with E-state index in [1.807, 2.05) is 13.8 Å². The lowest BCUT2D eigenvalue weighted by atomic mass is 9.93. The predicted molar refractivity (Wildman–Crippen MR) is 79.3 cm³/mol. The highest BCUT2D eigenvalue weighted by Crippen LogP contribution is 2.20. The Labute approximate surface area is 117 Å². The number of aliphatic hydroxyl groups is 1. The minimum atomic E-state index is -0.480. The van der Waals surface area contributed by atoms with Gasteiger partial charge in [0.05, 0.1) is 18.8 Å². The van der Waals surface area contributed by atoms with Gasteiger partial charge < -0.3 is 15.2 Å². The van der Waals surface area contributed by atoms with Gasteiger partial charge in [-0.3, -0.25) is 0 Å². The summed E-state index contributed by atoms with van der Waals surface area (Å²) in [5, 5.41) is 13.3. The third-order valence-electron chi connectivity index (χ3n) is 3.14. The number of hydrogen-bond acceptors (Lipinski definition) is 3. The Hall–Kier alpha value is -0.900. The van der Waals surface area contributed by atoms with Gasteiger partial charge in [-0.15, -0.1) is 0 Å². The van der Waals surface area contributed by atoms with Crippen molar-refractivity contribution in [1.29, 1.82) is 0 Å². The van der Waals surface area contributed by atoms with Gasteiger partial charge in [0.2, 0.25) is 0 Å². The zero-order chi connectivity index (χ0) is 14.5. The highest BCUT2D eigenvalue weighted by Gasteiger charge is 2.21. The summed E-state index contributed by atoms with van der Waals surface area (Å²) in [5.74, 6) is 0. The quantitative estimate of drug-likeness (QED) is 0.796. The molecule has 0 aliphatic heterocycles. The molecule has 0 amide bonds. The third kappa shape index (κ3) is 5.72. The SMILES string of the molecule is Cc1cccc(C(C)(C)NCC(O)COC(C)C)c1. The van der Waals surface area contributed by atoms with Crippen LogP contribution in [0.3, 0.4) is 0 Å². The first-order valence-corrected chi connectivity index (χ1v) is 6.93. The Morgan fingerprint density at radius 3 is 2.58 bits per heavy atom. The molecule has 19 heavy (non-hydrogen) atoms. The lowest BCUT2D eigenvalue weighted by Gasteiger charge is -2.29. The van der Waals surface area contributed by atoms with Crippen LogP contribution in [-0.4, -0.2) is 30.5 Å². The number of nitrogens with one attached hydrogen (secondary N) is 1. The average molecular weight is 265 g/mol. The van der Waals surface area contributed by atoms with Gasteiger partial charge >= 0.3 is 0 Å². The number of benzene rings is 1. The zero-order valence-electron chi connectivity index (χ0n) is 12.7. The van der Waals surface area contributed by atoms with E-state index >= 15 is 0 Å². The van der Waals surface area contributed by atoms with Crippen LogP contribution in [0.2, 0.25) is 0 Å². The standard InChI is InChI=1S/C16H27NO2/c1-12(2)19-11-15(18)10-17-16(4,5)14-8-6-7-13(3)9-14/h6-9,12,15,17-18H,10-11H2,1-5H3. The van der Waals surface area contributed by atoms with Crippen molar-refractivity contribution in [2.45, 2.75) is 52.4 Å². The second-order valence-corrected chi connectivity index (χ2v) is 5.91. The maximum Gasteiger partial charge on any atom is 0.0898 e. The maximum atomic E-state index is 9.88. The third-order valence-corrected chi connectivity index (χ3v) is 3.14. The summed E-state index contributed by atoms with van der Waals surface area (Å²) in [6, 6.07) is 8.43. The molecule has 0 heterocycles. The fourth-order valence-electron chi connectivity index (χ4n) is 1.87. The molecule has 1 atom stereocenters. The second kappa shape index (κ2) is 7.04. The van der Waals surface area contributed by atoms with Gasteiger partial charge in [0, 0.05) is 12.1 Å². The molecule has 1 rings (SSSR count). The Bertz CT molecular complexity index is 388. The molecule has 1 aromatic carbocycles. The molecule has 0 saturated heterocycles. The van der Waals surface area contributed by atoms with Gasteiger partial charge in [-0.1, -0.05) is 29.8 Å². The van der Waals surface area contributed by atoms with Gasteiger partial charge in [0.1, 0.15) is 0 Å². The van der Waals surface area contributed by atoms with Crippen molar-refractivity contribution < 1.29 is 9.84 Å². The molecule has 0 radical (unpaired) electrons. The van der Waals surface area contributed by atoms with Crippen LogP contribution < -0.4 is 5.32 Å². The van der Waals surface area contributed by atoms with Gasteiger partial charge in [-0.05, 0) is 40.2 Å². The molecule has 2 N–H and O–H groups in total. The van der Waals surface area contributed by atoms with E-state index in [0.29, 0.717) is 13.2 Å². The van der Waals surface area contributed by atoms with Crippen LogP contribution in [0, 0.1) is 6.92 Å². The lowest BCUT2D eigenvalue weighted by molar-refractivity contribution is 0.00394. The fourth-order valence-corrected chi connectivity index (χ4v) is 1.87. The van der Waals surface area contributed by atoms with E-state index in [1.54, 1.807) is 0 Å². The molecule has 0 saturated carbocycles. The molecule has 0 aliphatic rings. The fraction of sp³-hybridized carbons (Fsp3) is 0.625. The summed E-state index contributed by atoms with van der Waals surface area (Å²) in [5.41, 5.74) is 2.31. The summed E-state index contributed by atoms with van der Waals surface area (Å²) in [7, 11) is 0. The Kier molecular flexibility index (Phi) is 5.98. The lowest BCUT2D eigenvalue weighted by Crippen LogP contribution is -2.42. The van der Waals surface area contributed by atoms with E-state index in [1.165, 1.54) is 11.1 Å². The minimum Gasteiger partial charge on any atom is -0.389 e. The van der Waals surface area contributed by atoms with E-state index in [-0.39, 0.29) is 11.6 Å². The van der Waals surface area contributed by atoms with Crippen LogP contribution >= 0.6 is 0 Å². The topological polar surface area (TPSA) is 41.5 Å². The molecule has 1 unspecified atom stereocenters. The van der Waals surface area contributed by atoms with Crippen molar-refractivity contribution in [3.05, 3.63) is 35.4 Å². The van der Waals surface area contributed by atoms with E-state index < -0.39 is 6.10 Å². The van der Waals surface area contributed by atoms with Crippen molar-refractivity contribution in [3.63, 3.8) is 0 Å². The van der Waals surface area contributed by atoms with Crippen LogP contribution in [0.25, 0.3) is 0 Å². The second-order valence-electron chi connectivity index (χ2n) is 5.91. The molecule has 0 spiro atoms. The summed E-state index contributed by atoms with van der Waals surface area (Å²) >= 11 is 0. The van der Waals surface area contributed by atoms with Gasteiger partial charge in [0.15, 0.2) is 0 Å². The zero-order valence-corrected chi connectivity index (χ0v) is 12.7. The number of aliphatic hydroxyl groups excluding tert-OH is 1. The van der Waals surface area contributed by atoms with E-state index in [0.717, 1.165) is 0 Å². The van der Waals surface area contributed by atoms with Gasteiger partial charge in [-0.2, -0.15) is 0 Å². The summed E-state index contributed by atoms with van der Waals surface area (Å²) in [6.07, 6.45) is -0.328. The molecule has 108 valence electrons. The van der Waals surface area contributed by atoms with Crippen molar-refractivity contribution in [2.75, 3.05) is 13.2 Å². The molecule has 0 fully saturated rings. The monoisotopic (exact) mass is 265 g/mol. The Morgan fingerprint density at radius 1 is 1.32 bits per heavy atom. The van der Waals surface area contributed by atoms with Crippen LogP contribution in [0.1, 0.15) is 38.8 Å². The summed E-state index contributed by atoms with van der Waals surface area (Å²) < 4.78 is 5.40. The van der Waals surface area contributed by atoms with Crippen molar-refractivity contribution in [2.24, 2.45) is 0 Å². The van der Waals surface area contributed by atoms with Crippen LogP contribution in [-0.2, 0) is 10.3 Å². The summed E-state index contributed by atoms with van der Waals surface area (Å²) in [4.78, 5) is 0. The van der Waals surface area contributed by atoms with E-state index in [2.05, 4.69) is 50.4 Å². The van der Waals surface area contributed by atoms with Crippen molar-refractivity contribution in [3.8, 4) is 0 Å².